The fraction of sp³-hybridized carbons (Fsp3) is 0.778. The van der Waals surface area contributed by atoms with Gasteiger partial charge in [-0.05, 0) is 13.8 Å². The highest BCUT2D eigenvalue weighted by atomic mass is 32.2. The molecule has 0 spiro atoms. The first-order chi connectivity index (χ1) is 7.54. The SMILES string of the molecule is COCC(NC(=O)C(C)(C)S(C)(=O)=O)C(=O)O. The summed E-state index contributed by atoms with van der Waals surface area (Å²) in [5.41, 5.74) is 0. The Labute approximate surface area is 100 Å². The van der Waals surface area contributed by atoms with E-state index < -0.39 is 32.5 Å². The molecule has 1 atom stereocenters. The highest BCUT2D eigenvalue weighted by molar-refractivity contribution is 7.92. The number of aliphatic carboxylic acids is 1. The fourth-order valence-corrected chi connectivity index (χ4v) is 1.24. The van der Waals surface area contributed by atoms with E-state index in [1.807, 2.05) is 0 Å². The number of carboxylic acids is 1. The minimum Gasteiger partial charge on any atom is -0.480 e. The van der Waals surface area contributed by atoms with Crippen molar-refractivity contribution in [2.75, 3.05) is 20.0 Å². The smallest absolute Gasteiger partial charge is 0.328 e. The topological polar surface area (TPSA) is 110 Å². The zero-order valence-corrected chi connectivity index (χ0v) is 11.0. The van der Waals surface area contributed by atoms with Gasteiger partial charge >= 0.3 is 5.97 Å². The monoisotopic (exact) mass is 267 g/mol. The molecule has 17 heavy (non-hydrogen) atoms. The predicted molar refractivity (Wildman–Crippen MR) is 60.4 cm³/mol. The molecule has 0 aliphatic carbocycles. The first kappa shape index (κ1) is 15.9. The first-order valence-corrected chi connectivity index (χ1v) is 6.65. The molecule has 0 aliphatic heterocycles. The number of hydrogen-bond donors (Lipinski definition) is 2. The van der Waals surface area contributed by atoms with E-state index in [4.69, 9.17) is 5.11 Å². The van der Waals surface area contributed by atoms with Crippen molar-refractivity contribution in [1.29, 1.82) is 0 Å². The quantitative estimate of drug-likeness (QED) is 0.640. The second-order valence-corrected chi connectivity index (χ2v) is 6.67. The van der Waals surface area contributed by atoms with E-state index in [0.717, 1.165) is 6.26 Å². The number of carboxylic acid groups (broad SMARTS) is 1. The number of hydrogen-bond acceptors (Lipinski definition) is 5. The summed E-state index contributed by atoms with van der Waals surface area (Å²) in [4.78, 5) is 22.4. The lowest BCUT2D eigenvalue weighted by atomic mass is 10.1. The van der Waals surface area contributed by atoms with Crippen LogP contribution in [0.15, 0.2) is 0 Å². The van der Waals surface area contributed by atoms with E-state index in [0.29, 0.717) is 0 Å². The third-order valence-corrected chi connectivity index (χ3v) is 4.45. The third-order valence-electron chi connectivity index (χ3n) is 2.41. The van der Waals surface area contributed by atoms with Crippen LogP contribution in [-0.2, 0) is 24.2 Å². The Hall–Kier alpha value is -1.15. The maximum atomic E-state index is 11.7. The van der Waals surface area contributed by atoms with Crippen LogP contribution in [0.3, 0.4) is 0 Å². The minimum absolute atomic E-state index is 0.235. The summed E-state index contributed by atoms with van der Waals surface area (Å²) in [5, 5.41) is 10.9. The van der Waals surface area contributed by atoms with Crippen LogP contribution in [-0.4, -0.2) is 56.2 Å². The molecule has 1 amide bonds. The largest absolute Gasteiger partial charge is 0.480 e. The van der Waals surface area contributed by atoms with Gasteiger partial charge in [0.2, 0.25) is 5.91 Å². The van der Waals surface area contributed by atoms with Crippen LogP contribution in [0.25, 0.3) is 0 Å². The molecule has 0 saturated heterocycles. The molecule has 0 bridgehead atoms. The van der Waals surface area contributed by atoms with Gasteiger partial charge in [0.05, 0.1) is 6.61 Å². The second kappa shape index (κ2) is 5.46. The number of rotatable bonds is 6. The maximum absolute atomic E-state index is 11.7. The van der Waals surface area contributed by atoms with Crippen molar-refractivity contribution in [2.24, 2.45) is 0 Å². The van der Waals surface area contributed by atoms with Gasteiger partial charge in [-0.15, -0.1) is 0 Å². The Morgan fingerprint density at radius 1 is 1.41 bits per heavy atom. The van der Waals surface area contributed by atoms with E-state index in [-0.39, 0.29) is 6.61 Å². The zero-order chi connectivity index (χ0) is 13.9. The molecule has 2 N–H and O–H groups in total. The molecule has 0 aromatic heterocycles. The molecule has 0 radical (unpaired) electrons. The molecule has 8 heteroatoms. The molecule has 0 aliphatic rings. The summed E-state index contributed by atoms with van der Waals surface area (Å²) >= 11 is 0. The second-order valence-electron chi connectivity index (χ2n) is 4.10. The fourth-order valence-electron chi connectivity index (χ4n) is 0.842. The molecule has 7 nitrogen and oxygen atoms in total. The van der Waals surface area contributed by atoms with E-state index >= 15 is 0 Å². The van der Waals surface area contributed by atoms with Gasteiger partial charge in [0.15, 0.2) is 15.9 Å². The Bertz CT molecular complexity index is 400. The molecular formula is C9H17NO6S. The highest BCUT2D eigenvalue weighted by Gasteiger charge is 2.40. The van der Waals surface area contributed by atoms with Crippen molar-refractivity contribution in [3.63, 3.8) is 0 Å². The van der Waals surface area contributed by atoms with Crippen LogP contribution >= 0.6 is 0 Å². The van der Waals surface area contributed by atoms with Crippen LogP contribution in [0, 0.1) is 0 Å². The Morgan fingerprint density at radius 2 is 1.88 bits per heavy atom. The van der Waals surface area contributed by atoms with Crippen molar-refractivity contribution in [1.82, 2.24) is 5.32 Å². The molecule has 0 saturated carbocycles. The summed E-state index contributed by atoms with van der Waals surface area (Å²) < 4.78 is 25.7. The normalized spacial score (nSPS) is 14.1. The van der Waals surface area contributed by atoms with Gasteiger partial charge in [0, 0.05) is 13.4 Å². The van der Waals surface area contributed by atoms with Crippen LogP contribution in [0.4, 0.5) is 0 Å². The zero-order valence-electron chi connectivity index (χ0n) is 10.2. The number of carbonyl (C=O) groups is 2. The summed E-state index contributed by atoms with van der Waals surface area (Å²) in [5.74, 6) is -2.16. The Morgan fingerprint density at radius 3 is 2.18 bits per heavy atom. The van der Waals surface area contributed by atoms with Gasteiger partial charge in [0.25, 0.3) is 0 Å². The van der Waals surface area contributed by atoms with E-state index in [9.17, 15) is 18.0 Å². The molecule has 0 heterocycles. The molecular weight excluding hydrogens is 250 g/mol. The first-order valence-electron chi connectivity index (χ1n) is 4.76. The lowest BCUT2D eigenvalue weighted by molar-refractivity contribution is -0.143. The molecule has 1 unspecified atom stereocenters. The number of nitrogens with one attached hydrogen (secondary N) is 1. The van der Waals surface area contributed by atoms with E-state index in [2.05, 4.69) is 10.1 Å². The van der Waals surface area contributed by atoms with Crippen molar-refractivity contribution in [2.45, 2.75) is 24.6 Å². The molecule has 0 aromatic carbocycles. The van der Waals surface area contributed by atoms with Gasteiger partial charge in [-0.1, -0.05) is 0 Å². The van der Waals surface area contributed by atoms with Gasteiger partial charge in [-0.3, -0.25) is 4.79 Å². The Balaban J connectivity index is 4.91. The van der Waals surface area contributed by atoms with Crippen LogP contribution in [0.2, 0.25) is 0 Å². The number of sulfone groups is 1. The van der Waals surface area contributed by atoms with E-state index in [1.165, 1.54) is 21.0 Å². The van der Waals surface area contributed by atoms with Crippen molar-refractivity contribution in [3.8, 4) is 0 Å². The molecule has 0 aromatic rings. The number of amides is 1. The predicted octanol–water partition coefficient (Wildman–Crippen LogP) is -0.975. The van der Waals surface area contributed by atoms with Gasteiger partial charge in [-0.2, -0.15) is 0 Å². The molecule has 0 fully saturated rings. The molecule has 0 rings (SSSR count). The summed E-state index contributed by atoms with van der Waals surface area (Å²) in [6.07, 6.45) is 0.915. The third kappa shape index (κ3) is 3.97. The average molecular weight is 267 g/mol. The van der Waals surface area contributed by atoms with Crippen molar-refractivity contribution >= 4 is 21.7 Å². The lowest BCUT2D eigenvalue weighted by Crippen LogP contribution is -2.54. The van der Waals surface area contributed by atoms with Crippen molar-refractivity contribution < 1.29 is 27.9 Å². The summed E-state index contributed by atoms with van der Waals surface area (Å²) in [6.45, 7) is 2.19. The highest BCUT2D eigenvalue weighted by Crippen LogP contribution is 2.15. The number of methoxy groups -OCH3 is 1. The number of ether oxygens (including phenoxy) is 1. The molecule has 100 valence electrons. The standard InChI is InChI=1S/C9H17NO6S/c1-9(2,17(4,14)15)8(13)10-6(5-16-3)7(11)12/h6H,5H2,1-4H3,(H,10,13)(H,11,12). The average Bonchev–Trinajstić information content (AvgIpc) is 2.14. The van der Waals surface area contributed by atoms with Crippen LogP contribution in [0.1, 0.15) is 13.8 Å². The van der Waals surface area contributed by atoms with Crippen LogP contribution in [0.5, 0.6) is 0 Å². The number of carbonyl (C=O) groups excluding carboxylic acids is 1. The van der Waals surface area contributed by atoms with Crippen LogP contribution < -0.4 is 5.32 Å². The lowest BCUT2D eigenvalue weighted by Gasteiger charge is -2.23. The maximum Gasteiger partial charge on any atom is 0.328 e. The summed E-state index contributed by atoms with van der Waals surface area (Å²) in [7, 11) is -2.35. The summed E-state index contributed by atoms with van der Waals surface area (Å²) in [6, 6.07) is -1.27. The van der Waals surface area contributed by atoms with E-state index in [1.54, 1.807) is 0 Å². The van der Waals surface area contributed by atoms with Crippen molar-refractivity contribution in [3.05, 3.63) is 0 Å². The Kier molecular flexibility index (Phi) is 5.09. The van der Waals surface area contributed by atoms with Gasteiger partial charge < -0.3 is 15.2 Å². The van der Waals surface area contributed by atoms with Gasteiger partial charge in [-0.25, -0.2) is 13.2 Å². The minimum atomic E-state index is -3.63. The van der Waals surface area contributed by atoms with Gasteiger partial charge in [0.1, 0.15) is 4.75 Å².